The maximum absolute atomic E-state index is 10.5. The molecule has 0 atom stereocenters. The molecule has 0 unspecified atom stereocenters. The van der Waals surface area contributed by atoms with E-state index in [0.29, 0.717) is 6.41 Å². The Labute approximate surface area is 68.8 Å². The fourth-order valence-electron chi connectivity index (χ4n) is 0.306. The van der Waals surface area contributed by atoms with Crippen LogP contribution in [0.1, 0.15) is 13.3 Å². The molecule has 1 N–H and O–H groups in total. The summed E-state index contributed by atoms with van der Waals surface area (Å²) < 4.78 is 0. The lowest BCUT2D eigenvalue weighted by atomic mass is 10.5. The van der Waals surface area contributed by atoms with Crippen LogP contribution in [-0.4, -0.2) is 24.9 Å². The van der Waals surface area contributed by atoms with Gasteiger partial charge in [-0.2, -0.15) is 0 Å². The van der Waals surface area contributed by atoms with Crippen molar-refractivity contribution in [2.24, 2.45) is 0 Å². The molecular weight excluding hydrogens is 166 g/mol. The molecule has 0 aliphatic carbocycles. The first-order valence-electron chi connectivity index (χ1n) is 3.28. The molecule has 0 radical (unpaired) electrons. The third-order valence-corrected chi connectivity index (χ3v) is 0.846. The van der Waals surface area contributed by atoms with Gasteiger partial charge in [-0.05, 0) is 0 Å². The maximum atomic E-state index is 10.5. The van der Waals surface area contributed by atoms with Crippen LogP contribution in [0.5, 0.6) is 0 Å². The zero-order valence-corrected chi connectivity index (χ0v) is 6.53. The van der Waals surface area contributed by atoms with Crippen molar-refractivity contribution in [3.05, 3.63) is 0 Å². The molecule has 6 nitrogen and oxygen atoms in total. The van der Waals surface area contributed by atoms with E-state index in [1.165, 1.54) is 0 Å². The number of nitrogens with one attached hydrogen (secondary N) is 1. The van der Waals surface area contributed by atoms with E-state index in [1.54, 1.807) is 6.92 Å². The highest BCUT2D eigenvalue weighted by atomic mass is 17.2. The second kappa shape index (κ2) is 6.14. The summed E-state index contributed by atoms with van der Waals surface area (Å²) in [5, 5.41) is 2.04. The Morgan fingerprint density at radius 3 is 2.42 bits per heavy atom. The number of amides is 1. The van der Waals surface area contributed by atoms with Gasteiger partial charge in [-0.3, -0.25) is 4.79 Å². The fourth-order valence-corrected chi connectivity index (χ4v) is 0.306. The van der Waals surface area contributed by atoms with E-state index >= 15 is 0 Å². The Morgan fingerprint density at radius 2 is 1.92 bits per heavy atom. The normalized spacial score (nSPS) is 8.42. The predicted octanol–water partition coefficient (Wildman–Crippen LogP) is -0.856. The highest BCUT2D eigenvalue weighted by Crippen LogP contribution is 1.86. The highest BCUT2D eigenvalue weighted by Gasteiger charge is 2.06. The molecule has 0 spiro atoms. The Balaban J connectivity index is 3.43. The number of carbonyl (C=O) groups is 3. The van der Waals surface area contributed by atoms with Crippen LogP contribution in [0.15, 0.2) is 0 Å². The van der Waals surface area contributed by atoms with Gasteiger partial charge in [0.15, 0.2) is 0 Å². The molecule has 0 aromatic heterocycles. The van der Waals surface area contributed by atoms with Crippen molar-refractivity contribution in [2.45, 2.75) is 13.3 Å². The van der Waals surface area contributed by atoms with Gasteiger partial charge < -0.3 is 5.32 Å². The molecule has 6 heteroatoms. The molecule has 0 aromatic carbocycles. The smallest absolute Gasteiger partial charge is 0.348 e. The Morgan fingerprint density at radius 1 is 1.33 bits per heavy atom. The van der Waals surface area contributed by atoms with E-state index in [9.17, 15) is 14.4 Å². The first kappa shape index (κ1) is 10.4. The number of hydrogen-bond donors (Lipinski definition) is 1. The molecule has 1 amide bonds. The second-order valence-corrected chi connectivity index (χ2v) is 1.76. The maximum Gasteiger partial charge on any atom is 0.374 e. The van der Waals surface area contributed by atoms with Gasteiger partial charge in [0.05, 0.1) is 0 Å². The van der Waals surface area contributed by atoms with Gasteiger partial charge in [0.1, 0.15) is 6.54 Å². The molecule has 0 aliphatic heterocycles. The van der Waals surface area contributed by atoms with Gasteiger partial charge in [0, 0.05) is 6.42 Å². The zero-order valence-electron chi connectivity index (χ0n) is 6.53. The minimum absolute atomic E-state index is 0.119. The molecule has 68 valence electrons. The first-order valence-corrected chi connectivity index (χ1v) is 3.28. The largest absolute Gasteiger partial charge is 0.374 e. The van der Waals surface area contributed by atoms with Crippen molar-refractivity contribution in [1.82, 2.24) is 5.32 Å². The van der Waals surface area contributed by atoms with Crippen molar-refractivity contribution in [2.75, 3.05) is 6.54 Å². The highest BCUT2D eigenvalue weighted by molar-refractivity contribution is 5.75. The summed E-state index contributed by atoms with van der Waals surface area (Å²) >= 11 is 0. The summed E-state index contributed by atoms with van der Waals surface area (Å²) in [4.78, 5) is 38.6. The van der Waals surface area contributed by atoms with Crippen LogP contribution in [0.25, 0.3) is 0 Å². The predicted molar refractivity (Wildman–Crippen MR) is 36.5 cm³/mol. The third-order valence-electron chi connectivity index (χ3n) is 0.846. The van der Waals surface area contributed by atoms with Crippen LogP contribution in [-0.2, 0) is 24.2 Å². The van der Waals surface area contributed by atoms with Gasteiger partial charge in [-0.25, -0.2) is 19.4 Å². The average molecular weight is 175 g/mol. The Bertz CT molecular complexity index is 179. The molecule has 0 fully saturated rings. The Kier molecular flexibility index (Phi) is 5.33. The van der Waals surface area contributed by atoms with Gasteiger partial charge >= 0.3 is 11.9 Å². The third kappa shape index (κ3) is 5.21. The topological polar surface area (TPSA) is 81.7 Å². The lowest BCUT2D eigenvalue weighted by Crippen LogP contribution is -2.24. The number of carbonyl (C=O) groups excluding carboxylic acids is 3. The van der Waals surface area contributed by atoms with E-state index in [1.807, 2.05) is 5.32 Å². The van der Waals surface area contributed by atoms with Crippen LogP contribution >= 0.6 is 0 Å². The van der Waals surface area contributed by atoms with Gasteiger partial charge in [0.25, 0.3) is 0 Å². The standard InChI is InChI=1S/C6H9NO5/c1-2-5(9)11-12-6(10)3-7-4-8/h4H,2-3H2,1H3,(H,7,8). The summed E-state index contributed by atoms with van der Waals surface area (Å²) in [5.41, 5.74) is 0. The zero-order chi connectivity index (χ0) is 9.40. The molecule has 0 aromatic rings. The van der Waals surface area contributed by atoms with Crippen molar-refractivity contribution >= 4 is 18.3 Å². The van der Waals surface area contributed by atoms with E-state index in [0.717, 1.165) is 0 Å². The van der Waals surface area contributed by atoms with Crippen LogP contribution in [0.4, 0.5) is 0 Å². The second-order valence-electron chi connectivity index (χ2n) is 1.76. The van der Waals surface area contributed by atoms with E-state index < -0.39 is 11.9 Å². The molecule has 0 rings (SSSR count). The first-order chi connectivity index (χ1) is 5.70. The van der Waals surface area contributed by atoms with E-state index in [2.05, 4.69) is 9.78 Å². The Hall–Kier alpha value is -1.59. The molecule has 0 saturated heterocycles. The van der Waals surface area contributed by atoms with E-state index in [-0.39, 0.29) is 13.0 Å². The monoisotopic (exact) mass is 175 g/mol. The summed E-state index contributed by atoms with van der Waals surface area (Å²) in [6.45, 7) is 1.24. The molecular formula is C6H9NO5. The minimum Gasteiger partial charge on any atom is -0.348 e. The number of hydrogen-bond acceptors (Lipinski definition) is 5. The van der Waals surface area contributed by atoms with Crippen LogP contribution in [0.3, 0.4) is 0 Å². The summed E-state index contributed by atoms with van der Waals surface area (Å²) in [6, 6.07) is 0. The van der Waals surface area contributed by atoms with Gasteiger partial charge in [0.2, 0.25) is 6.41 Å². The summed E-state index contributed by atoms with van der Waals surface area (Å²) in [6.07, 6.45) is 0.456. The SMILES string of the molecule is CCC(=O)OOC(=O)CNC=O. The van der Waals surface area contributed by atoms with Crippen LogP contribution < -0.4 is 5.32 Å². The quantitative estimate of drug-likeness (QED) is 0.341. The summed E-state index contributed by atoms with van der Waals surface area (Å²) in [7, 11) is 0. The van der Waals surface area contributed by atoms with Crippen molar-refractivity contribution in [1.29, 1.82) is 0 Å². The molecule has 0 aliphatic rings. The van der Waals surface area contributed by atoms with Gasteiger partial charge in [-0.1, -0.05) is 6.92 Å². The minimum atomic E-state index is -0.830. The molecule has 0 heterocycles. The van der Waals surface area contributed by atoms with Crippen LogP contribution in [0, 0.1) is 0 Å². The lowest BCUT2D eigenvalue weighted by Gasteiger charge is -1.99. The fraction of sp³-hybridized carbons (Fsp3) is 0.500. The van der Waals surface area contributed by atoms with Crippen molar-refractivity contribution < 1.29 is 24.2 Å². The number of rotatable bonds is 4. The van der Waals surface area contributed by atoms with Gasteiger partial charge in [-0.15, -0.1) is 0 Å². The molecule has 0 saturated carbocycles. The van der Waals surface area contributed by atoms with E-state index in [4.69, 9.17) is 0 Å². The summed E-state index contributed by atoms with van der Waals surface area (Å²) in [5.74, 6) is -1.47. The van der Waals surface area contributed by atoms with Crippen LogP contribution in [0.2, 0.25) is 0 Å². The molecule has 12 heavy (non-hydrogen) atoms. The molecule has 0 bridgehead atoms. The van der Waals surface area contributed by atoms with Crippen molar-refractivity contribution in [3.8, 4) is 0 Å². The lowest BCUT2D eigenvalue weighted by molar-refractivity contribution is -0.257. The van der Waals surface area contributed by atoms with Crippen molar-refractivity contribution in [3.63, 3.8) is 0 Å². The average Bonchev–Trinajstić information content (AvgIpc) is 2.10.